The number of halogens is 3. The lowest BCUT2D eigenvalue weighted by atomic mass is 9.77. The Bertz CT molecular complexity index is 481. The Morgan fingerprint density at radius 1 is 0.760 bits per heavy atom. The molecule has 0 unspecified atom stereocenters. The molecule has 0 saturated heterocycles. The molecule has 0 atom stereocenters. The molecule has 1 aliphatic rings. The standard InChI is InChI=1S/C22H33F3/c1-2-3-4-5-6-7-8-9-10-17-11-13-18(14-12-17)19-15-20(23)22(25)21(24)16-19/h15-18H,2-14H2,1H3. The smallest absolute Gasteiger partial charge is 0.194 e. The minimum Gasteiger partial charge on any atom is -0.204 e. The molecule has 0 heterocycles. The molecule has 0 amide bonds. The van der Waals surface area contributed by atoms with Gasteiger partial charge in [0.1, 0.15) is 0 Å². The minimum absolute atomic E-state index is 0.180. The van der Waals surface area contributed by atoms with E-state index in [9.17, 15) is 13.2 Å². The van der Waals surface area contributed by atoms with Gasteiger partial charge in [0.05, 0.1) is 0 Å². The molecule has 0 nitrogen and oxygen atoms in total. The molecule has 0 N–H and O–H groups in total. The summed E-state index contributed by atoms with van der Waals surface area (Å²) in [6.45, 7) is 2.25. The van der Waals surface area contributed by atoms with Crippen LogP contribution in [0, 0.1) is 23.4 Å². The Labute approximate surface area is 151 Å². The van der Waals surface area contributed by atoms with Crippen molar-refractivity contribution in [3.63, 3.8) is 0 Å². The van der Waals surface area contributed by atoms with Crippen molar-refractivity contribution in [3.8, 4) is 0 Å². The van der Waals surface area contributed by atoms with E-state index in [0.29, 0.717) is 5.56 Å². The van der Waals surface area contributed by atoms with E-state index >= 15 is 0 Å². The fourth-order valence-electron chi connectivity index (χ4n) is 4.16. The van der Waals surface area contributed by atoms with E-state index in [1.54, 1.807) is 0 Å². The molecule has 0 spiro atoms. The Morgan fingerprint density at radius 2 is 1.28 bits per heavy atom. The van der Waals surface area contributed by atoms with Gasteiger partial charge in [-0.1, -0.05) is 64.7 Å². The molecule has 1 aromatic rings. The van der Waals surface area contributed by atoms with Crippen LogP contribution < -0.4 is 0 Å². The highest BCUT2D eigenvalue weighted by molar-refractivity contribution is 5.23. The highest BCUT2D eigenvalue weighted by atomic mass is 19.2. The molecule has 0 bridgehead atoms. The second kappa shape index (κ2) is 10.9. The van der Waals surface area contributed by atoms with Crippen molar-refractivity contribution in [3.05, 3.63) is 35.1 Å². The van der Waals surface area contributed by atoms with Crippen LogP contribution in [-0.4, -0.2) is 0 Å². The summed E-state index contributed by atoms with van der Waals surface area (Å²) in [4.78, 5) is 0. The maximum Gasteiger partial charge on any atom is 0.194 e. The summed E-state index contributed by atoms with van der Waals surface area (Å²) < 4.78 is 39.9. The maximum atomic E-state index is 13.4. The van der Waals surface area contributed by atoms with Crippen LogP contribution in [0.25, 0.3) is 0 Å². The maximum absolute atomic E-state index is 13.4. The molecule has 1 saturated carbocycles. The third-order valence-corrected chi connectivity index (χ3v) is 5.79. The van der Waals surface area contributed by atoms with E-state index in [4.69, 9.17) is 0 Å². The van der Waals surface area contributed by atoms with E-state index in [1.807, 2.05) is 0 Å². The fraction of sp³-hybridized carbons (Fsp3) is 0.727. The Kier molecular flexibility index (Phi) is 8.84. The Hall–Kier alpha value is -0.990. The van der Waals surface area contributed by atoms with Crippen LogP contribution in [-0.2, 0) is 0 Å². The van der Waals surface area contributed by atoms with E-state index < -0.39 is 17.5 Å². The first-order valence-corrected chi connectivity index (χ1v) is 10.3. The van der Waals surface area contributed by atoms with Gasteiger partial charge in [0.2, 0.25) is 0 Å². The van der Waals surface area contributed by atoms with E-state index in [0.717, 1.165) is 31.6 Å². The van der Waals surface area contributed by atoms with E-state index in [-0.39, 0.29) is 5.92 Å². The molecule has 0 aliphatic heterocycles. The second-order valence-electron chi connectivity index (χ2n) is 7.78. The normalized spacial score (nSPS) is 20.8. The molecule has 2 rings (SSSR count). The van der Waals surface area contributed by atoms with Crippen molar-refractivity contribution in [1.29, 1.82) is 0 Å². The molecular weight excluding hydrogens is 321 g/mol. The van der Waals surface area contributed by atoms with Gasteiger partial charge in [-0.3, -0.25) is 0 Å². The fourth-order valence-corrected chi connectivity index (χ4v) is 4.16. The van der Waals surface area contributed by atoms with Gasteiger partial charge in [0.15, 0.2) is 17.5 Å². The van der Waals surface area contributed by atoms with Gasteiger partial charge in [-0.05, 0) is 55.2 Å². The largest absolute Gasteiger partial charge is 0.204 e. The van der Waals surface area contributed by atoms with Gasteiger partial charge in [-0.15, -0.1) is 0 Å². The zero-order valence-corrected chi connectivity index (χ0v) is 15.6. The second-order valence-corrected chi connectivity index (χ2v) is 7.78. The molecule has 1 aromatic carbocycles. The highest BCUT2D eigenvalue weighted by Crippen LogP contribution is 2.38. The van der Waals surface area contributed by atoms with Crippen molar-refractivity contribution in [2.45, 2.75) is 96.3 Å². The van der Waals surface area contributed by atoms with Crippen molar-refractivity contribution < 1.29 is 13.2 Å². The summed E-state index contributed by atoms with van der Waals surface area (Å²) in [6, 6.07) is 2.36. The summed E-state index contributed by atoms with van der Waals surface area (Å²) in [7, 11) is 0. The molecule has 1 fully saturated rings. The molecule has 1 aliphatic carbocycles. The summed E-state index contributed by atoms with van der Waals surface area (Å²) in [5, 5.41) is 0. The van der Waals surface area contributed by atoms with Crippen LogP contribution in [0.2, 0.25) is 0 Å². The van der Waals surface area contributed by atoms with E-state index in [2.05, 4.69) is 6.92 Å². The summed E-state index contributed by atoms with van der Waals surface area (Å²) in [6.07, 6.45) is 16.3. The van der Waals surface area contributed by atoms with Crippen molar-refractivity contribution in [2.75, 3.05) is 0 Å². The highest BCUT2D eigenvalue weighted by Gasteiger charge is 2.24. The van der Waals surface area contributed by atoms with Gasteiger partial charge in [0.25, 0.3) is 0 Å². The molecule has 0 radical (unpaired) electrons. The zero-order chi connectivity index (χ0) is 18.1. The third kappa shape index (κ3) is 6.67. The first-order chi connectivity index (χ1) is 12.1. The third-order valence-electron chi connectivity index (χ3n) is 5.79. The van der Waals surface area contributed by atoms with Gasteiger partial charge >= 0.3 is 0 Å². The Balaban J connectivity index is 1.62. The molecule has 142 valence electrons. The van der Waals surface area contributed by atoms with Crippen LogP contribution in [0.5, 0.6) is 0 Å². The monoisotopic (exact) mass is 354 g/mol. The summed E-state index contributed by atoms with van der Waals surface area (Å²) >= 11 is 0. The lowest BCUT2D eigenvalue weighted by Crippen LogP contribution is -2.14. The number of benzene rings is 1. The average Bonchev–Trinajstić information content (AvgIpc) is 2.62. The predicted octanol–water partition coefficient (Wildman–Crippen LogP) is 7.91. The van der Waals surface area contributed by atoms with Gasteiger partial charge in [-0.2, -0.15) is 0 Å². The quantitative estimate of drug-likeness (QED) is 0.296. The molecule has 25 heavy (non-hydrogen) atoms. The van der Waals surface area contributed by atoms with Gasteiger partial charge in [-0.25, -0.2) is 13.2 Å². The first-order valence-electron chi connectivity index (χ1n) is 10.3. The topological polar surface area (TPSA) is 0 Å². The van der Waals surface area contributed by atoms with Crippen LogP contribution in [0.15, 0.2) is 12.1 Å². The lowest BCUT2D eigenvalue weighted by Gasteiger charge is -2.29. The van der Waals surface area contributed by atoms with Gasteiger partial charge in [0, 0.05) is 0 Å². The number of rotatable bonds is 10. The SMILES string of the molecule is CCCCCCCCCCC1CCC(c2cc(F)c(F)c(F)c2)CC1. The summed E-state index contributed by atoms with van der Waals surface area (Å²) in [5.41, 5.74) is 0.627. The van der Waals surface area contributed by atoms with Crippen molar-refractivity contribution >= 4 is 0 Å². The first kappa shape index (κ1) is 20.3. The van der Waals surface area contributed by atoms with Crippen LogP contribution >= 0.6 is 0 Å². The molecule has 3 heteroatoms. The van der Waals surface area contributed by atoms with E-state index in [1.165, 1.54) is 69.9 Å². The number of hydrogen-bond donors (Lipinski definition) is 0. The molecular formula is C22H33F3. The average molecular weight is 355 g/mol. The lowest BCUT2D eigenvalue weighted by molar-refractivity contribution is 0.300. The predicted molar refractivity (Wildman–Crippen MR) is 98.2 cm³/mol. The Morgan fingerprint density at radius 3 is 1.84 bits per heavy atom. The van der Waals surface area contributed by atoms with Crippen molar-refractivity contribution in [1.82, 2.24) is 0 Å². The number of unbranched alkanes of at least 4 members (excludes halogenated alkanes) is 7. The van der Waals surface area contributed by atoms with Crippen LogP contribution in [0.1, 0.15) is 102 Å². The zero-order valence-electron chi connectivity index (χ0n) is 15.6. The van der Waals surface area contributed by atoms with Crippen LogP contribution in [0.3, 0.4) is 0 Å². The minimum atomic E-state index is -1.35. The summed E-state index contributed by atoms with van der Waals surface area (Å²) in [5.74, 6) is -2.54. The van der Waals surface area contributed by atoms with Gasteiger partial charge < -0.3 is 0 Å². The van der Waals surface area contributed by atoms with Crippen molar-refractivity contribution in [2.24, 2.45) is 5.92 Å². The number of hydrogen-bond acceptors (Lipinski definition) is 0. The van der Waals surface area contributed by atoms with Crippen LogP contribution in [0.4, 0.5) is 13.2 Å². The molecule has 0 aromatic heterocycles.